The van der Waals surface area contributed by atoms with Crippen molar-refractivity contribution < 1.29 is 14.3 Å². The van der Waals surface area contributed by atoms with Crippen molar-refractivity contribution in [2.45, 2.75) is 31.8 Å². The van der Waals surface area contributed by atoms with E-state index in [1.165, 1.54) is 19.3 Å². The first-order valence-corrected chi connectivity index (χ1v) is 7.87. The Balaban J connectivity index is 0.00000161. The van der Waals surface area contributed by atoms with E-state index in [0.717, 1.165) is 26.1 Å². The molecule has 0 aromatic carbocycles. The van der Waals surface area contributed by atoms with E-state index in [2.05, 4.69) is 5.32 Å². The molecular weight excluding hydrogens is 292 g/mol. The average molecular weight is 319 g/mol. The lowest BCUT2D eigenvalue weighted by atomic mass is 9.67. The van der Waals surface area contributed by atoms with Crippen LogP contribution in [-0.2, 0) is 14.3 Å². The van der Waals surface area contributed by atoms with Crippen LogP contribution in [0.3, 0.4) is 0 Å². The average Bonchev–Trinajstić information content (AvgIpc) is 2.92. The molecule has 3 atom stereocenters. The molecule has 0 bridgehead atoms. The fraction of sp³-hybridized carbons (Fsp3) is 0.933. The maximum absolute atomic E-state index is 13.1. The summed E-state index contributed by atoms with van der Waals surface area (Å²) < 4.78 is 10.8. The summed E-state index contributed by atoms with van der Waals surface area (Å²) in [5, 5.41) is 3.46. The monoisotopic (exact) mass is 318 g/mol. The minimum Gasteiger partial charge on any atom is -0.382 e. The molecule has 6 heteroatoms. The molecule has 3 fully saturated rings. The summed E-state index contributed by atoms with van der Waals surface area (Å²) in [4.78, 5) is 15.1. The number of amides is 1. The van der Waals surface area contributed by atoms with Gasteiger partial charge in [0.25, 0.3) is 0 Å². The Morgan fingerprint density at radius 1 is 1.48 bits per heavy atom. The van der Waals surface area contributed by atoms with E-state index in [0.29, 0.717) is 31.6 Å². The van der Waals surface area contributed by atoms with Gasteiger partial charge >= 0.3 is 0 Å². The van der Waals surface area contributed by atoms with Gasteiger partial charge < -0.3 is 19.7 Å². The van der Waals surface area contributed by atoms with Crippen LogP contribution in [0.1, 0.15) is 25.7 Å². The first-order valence-electron chi connectivity index (χ1n) is 7.87. The molecule has 1 unspecified atom stereocenters. The lowest BCUT2D eigenvalue weighted by Crippen LogP contribution is -2.55. The van der Waals surface area contributed by atoms with E-state index in [1.807, 2.05) is 4.90 Å². The predicted molar refractivity (Wildman–Crippen MR) is 82.7 cm³/mol. The lowest BCUT2D eigenvalue weighted by molar-refractivity contribution is -0.154. The third-order valence-electron chi connectivity index (χ3n) is 5.24. The number of hydrogen-bond acceptors (Lipinski definition) is 4. The van der Waals surface area contributed by atoms with Crippen molar-refractivity contribution in [2.24, 2.45) is 11.3 Å². The smallest absolute Gasteiger partial charge is 0.230 e. The van der Waals surface area contributed by atoms with Crippen molar-refractivity contribution in [1.29, 1.82) is 0 Å². The van der Waals surface area contributed by atoms with Crippen LogP contribution in [0.4, 0.5) is 0 Å². The van der Waals surface area contributed by atoms with Crippen molar-refractivity contribution >= 4 is 18.3 Å². The summed E-state index contributed by atoms with van der Waals surface area (Å²) in [5.41, 5.74) is -0.132. The number of rotatable bonds is 3. The Morgan fingerprint density at radius 2 is 2.33 bits per heavy atom. The third-order valence-corrected chi connectivity index (χ3v) is 5.24. The molecule has 3 rings (SSSR count). The van der Waals surface area contributed by atoms with E-state index in [9.17, 15) is 4.79 Å². The highest BCUT2D eigenvalue weighted by molar-refractivity contribution is 5.85. The Bertz CT molecular complexity index is 367. The Labute approximate surface area is 133 Å². The fourth-order valence-electron chi connectivity index (χ4n) is 4.17. The van der Waals surface area contributed by atoms with E-state index in [1.54, 1.807) is 7.11 Å². The van der Waals surface area contributed by atoms with Gasteiger partial charge in [0.15, 0.2) is 0 Å². The molecular formula is C15H27ClN2O3. The summed E-state index contributed by atoms with van der Waals surface area (Å²) in [6.45, 7) is 4.49. The van der Waals surface area contributed by atoms with Crippen LogP contribution >= 0.6 is 12.4 Å². The Morgan fingerprint density at radius 3 is 3.14 bits per heavy atom. The van der Waals surface area contributed by atoms with Gasteiger partial charge in [0.05, 0.1) is 24.7 Å². The third kappa shape index (κ3) is 3.21. The van der Waals surface area contributed by atoms with Crippen molar-refractivity contribution in [3.05, 3.63) is 0 Å². The van der Waals surface area contributed by atoms with Crippen LogP contribution in [0.15, 0.2) is 0 Å². The molecule has 1 amide bonds. The van der Waals surface area contributed by atoms with Gasteiger partial charge in [0.2, 0.25) is 5.91 Å². The minimum absolute atomic E-state index is 0. The van der Waals surface area contributed by atoms with Gasteiger partial charge in [-0.2, -0.15) is 0 Å². The summed E-state index contributed by atoms with van der Waals surface area (Å²) in [6.07, 6.45) is 4.75. The van der Waals surface area contributed by atoms with Gasteiger partial charge in [-0.25, -0.2) is 0 Å². The fourth-order valence-corrected chi connectivity index (χ4v) is 4.17. The number of nitrogens with zero attached hydrogens (tertiary/aromatic N) is 1. The Hall–Kier alpha value is -0.360. The van der Waals surface area contributed by atoms with Gasteiger partial charge in [0.1, 0.15) is 0 Å². The molecule has 1 aliphatic carbocycles. The summed E-state index contributed by atoms with van der Waals surface area (Å²) in [6, 6.07) is 0. The van der Waals surface area contributed by atoms with E-state index < -0.39 is 0 Å². The maximum Gasteiger partial charge on any atom is 0.230 e. The molecule has 21 heavy (non-hydrogen) atoms. The zero-order chi connectivity index (χ0) is 14.0. The second kappa shape index (κ2) is 7.27. The highest BCUT2D eigenvalue weighted by atomic mass is 35.5. The molecule has 0 aromatic heterocycles. The number of nitrogens with one attached hydrogen (secondary N) is 1. The van der Waals surface area contributed by atoms with E-state index in [4.69, 9.17) is 9.47 Å². The predicted octanol–water partition coefficient (Wildman–Crippen LogP) is 1.06. The van der Waals surface area contributed by atoms with Crippen molar-refractivity contribution in [2.75, 3.05) is 46.5 Å². The van der Waals surface area contributed by atoms with Crippen LogP contribution in [-0.4, -0.2) is 63.4 Å². The lowest BCUT2D eigenvalue weighted by Gasteiger charge is -2.43. The first-order chi connectivity index (χ1) is 9.76. The first kappa shape index (κ1) is 17.0. The molecule has 2 heterocycles. The molecule has 0 spiro atoms. The summed E-state index contributed by atoms with van der Waals surface area (Å²) >= 11 is 0. The number of carbonyl (C=O) groups is 1. The largest absolute Gasteiger partial charge is 0.382 e. The van der Waals surface area contributed by atoms with Crippen LogP contribution in [0, 0.1) is 11.3 Å². The van der Waals surface area contributed by atoms with E-state index >= 15 is 0 Å². The van der Waals surface area contributed by atoms with Gasteiger partial charge in [-0.15, -0.1) is 12.4 Å². The maximum atomic E-state index is 13.1. The number of morpholine rings is 1. The molecule has 3 aliphatic rings. The van der Waals surface area contributed by atoms with Crippen LogP contribution in [0.2, 0.25) is 0 Å². The van der Waals surface area contributed by atoms with Crippen molar-refractivity contribution in [1.82, 2.24) is 10.2 Å². The summed E-state index contributed by atoms with van der Waals surface area (Å²) in [7, 11) is 1.68. The topological polar surface area (TPSA) is 50.8 Å². The molecule has 5 nitrogen and oxygen atoms in total. The Kier molecular flexibility index (Phi) is 5.88. The van der Waals surface area contributed by atoms with Crippen molar-refractivity contribution in [3.63, 3.8) is 0 Å². The zero-order valence-electron chi connectivity index (χ0n) is 12.8. The molecule has 122 valence electrons. The normalized spacial score (nSPS) is 36.0. The van der Waals surface area contributed by atoms with Crippen LogP contribution in [0.25, 0.3) is 0 Å². The molecule has 0 radical (unpaired) electrons. The van der Waals surface area contributed by atoms with Crippen molar-refractivity contribution in [3.8, 4) is 0 Å². The minimum atomic E-state index is -0.132. The number of carbonyl (C=O) groups excluding carboxylic acids is 1. The van der Waals surface area contributed by atoms with Gasteiger partial charge in [0, 0.05) is 26.7 Å². The van der Waals surface area contributed by atoms with Crippen LogP contribution < -0.4 is 5.32 Å². The number of fused-ring (bicyclic) bond motifs is 1. The van der Waals surface area contributed by atoms with E-state index in [-0.39, 0.29) is 23.9 Å². The van der Waals surface area contributed by atoms with Gasteiger partial charge in [-0.05, 0) is 25.3 Å². The molecule has 1 saturated carbocycles. The quantitative estimate of drug-likeness (QED) is 0.845. The molecule has 0 aromatic rings. The number of methoxy groups -OCH3 is 1. The highest BCUT2D eigenvalue weighted by Gasteiger charge is 2.51. The number of ether oxygens (including phenoxy) is 2. The second-order valence-electron chi connectivity index (χ2n) is 6.43. The molecule has 2 aliphatic heterocycles. The molecule has 2 saturated heterocycles. The standard InChI is InChI=1S/C15H26N2O3.ClH/c1-19-10-13-9-17(6-7-20-13)14(18)15-5-3-2-4-12(15)8-16-11-15;/h12-13,16H,2-11H2,1H3;1H/t12-,13?,15+;/m0./s1. The summed E-state index contributed by atoms with van der Waals surface area (Å²) in [5.74, 6) is 0.893. The zero-order valence-corrected chi connectivity index (χ0v) is 13.6. The van der Waals surface area contributed by atoms with Gasteiger partial charge in [-0.3, -0.25) is 4.79 Å². The second-order valence-corrected chi connectivity index (χ2v) is 6.43. The van der Waals surface area contributed by atoms with Crippen LogP contribution in [0.5, 0.6) is 0 Å². The highest BCUT2D eigenvalue weighted by Crippen LogP contribution is 2.45. The SMILES string of the molecule is COCC1CN(C(=O)[C@@]23CCCC[C@H]2CNC3)CCO1.Cl. The molecule has 1 N–H and O–H groups in total. The number of halogens is 1. The number of hydrogen-bond donors (Lipinski definition) is 1. The van der Waals surface area contributed by atoms with Gasteiger partial charge in [-0.1, -0.05) is 12.8 Å².